The summed E-state index contributed by atoms with van der Waals surface area (Å²) in [6.07, 6.45) is 2.58. The van der Waals surface area contributed by atoms with Gasteiger partial charge in [0, 0.05) is 5.02 Å². The lowest BCUT2D eigenvalue weighted by atomic mass is 9.89. The van der Waals surface area contributed by atoms with Crippen LogP contribution in [-0.4, -0.2) is 5.11 Å². The third kappa shape index (κ3) is 2.97. The van der Waals surface area contributed by atoms with Gasteiger partial charge in [0.15, 0.2) is 0 Å². The van der Waals surface area contributed by atoms with Crippen molar-refractivity contribution in [2.75, 3.05) is 0 Å². The number of rotatable bonds is 3. The van der Waals surface area contributed by atoms with E-state index >= 15 is 0 Å². The van der Waals surface area contributed by atoms with Crippen LogP contribution in [0.4, 0.5) is 0 Å². The molecule has 1 aliphatic rings. The van der Waals surface area contributed by atoms with Gasteiger partial charge in [0.05, 0.1) is 6.10 Å². The van der Waals surface area contributed by atoms with Crippen LogP contribution >= 0.6 is 11.6 Å². The van der Waals surface area contributed by atoms with Gasteiger partial charge < -0.3 is 9.84 Å². The number of halogens is 1. The molecule has 0 bridgehead atoms. The highest BCUT2D eigenvalue weighted by atomic mass is 35.5. The molecule has 1 aliphatic carbocycles. The molecule has 0 saturated heterocycles. The maximum Gasteiger partial charge on any atom is 0.120 e. The number of aliphatic hydroxyl groups is 1. The Morgan fingerprint density at radius 2 is 2.10 bits per heavy atom. The molecule has 0 unspecified atom stereocenters. The quantitative estimate of drug-likeness (QED) is 0.913. The zero-order valence-electron chi connectivity index (χ0n) is 11.2. The van der Waals surface area contributed by atoms with Crippen LogP contribution in [-0.2, 0) is 13.0 Å². The molecule has 0 saturated carbocycles. The van der Waals surface area contributed by atoms with Crippen LogP contribution in [0.1, 0.15) is 35.6 Å². The molecule has 2 aromatic rings. The predicted molar refractivity (Wildman–Crippen MR) is 80.1 cm³/mol. The molecule has 0 radical (unpaired) electrons. The standard InChI is InChI=1S/C17H17ClO2/c18-14-5-1-3-12(9-14)11-20-15-8-7-13-4-2-6-17(19)16(13)10-15/h1,3,5,7-10,17,19H,2,4,6,11H2/t17-/m1/s1. The number of hydrogen-bond acceptors (Lipinski definition) is 2. The van der Waals surface area contributed by atoms with E-state index in [2.05, 4.69) is 6.07 Å². The molecule has 20 heavy (non-hydrogen) atoms. The molecule has 0 amide bonds. The summed E-state index contributed by atoms with van der Waals surface area (Å²) < 4.78 is 5.79. The summed E-state index contributed by atoms with van der Waals surface area (Å²) in [4.78, 5) is 0. The largest absolute Gasteiger partial charge is 0.489 e. The Morgan fingerprint density at radius 1 is 1.20 bits per heavy atom. The summed E-state index contributed by atoms with van der Waals surface area (Å²) >= 11 is 5.95. The van der Waals surface area contributed by atoms with Crippen molar-refractivity contribution in [2.45, 2.75) is 32.0 Å². The van der Waals surface area contributed by atoms with Gasteiger partial charge in [-0.05, 0) is 60.2 Å². The Labute approximate surface area is 124 Å². The second-order valence-corrected chi connectivity index (χ2v) is 5.62. The normalized spacial score (nSPS) is 17.6. The smallest absolute Gasteiger partial charge is 0.120 e. The second kappa shape index (κ2) is 5.86. The Balaban J connectivity index is 1.73. The number of benzene rings is 2. The van der Waals surface area contributed by atoms with Gasteiger partial charge in [-0.1, -0.05) is 29.8 Å². The van der Waals surface area contributed by atoms with Crippen LogP contribution in [0.2, 0.25) is 5.02 Å². The van der Waals surface area contributed by atoms with Crippen molar-refractivity contribution in [3.8, 4) is 5.75 Å². The molecule has 0 fully saturated rings. The van der Waals surface area contributed by atoms with Gasteiger partial charge in [-0.15, -0.1) is 0 Å². The fraction of sp³-hybridized carbons (Fsp3) is 0.294. The van der Waals surface area contributed by atoms with Crippen LogP contribution in [0.25, 0.3) is 0 Å². The van der Waals surface area contributed by atoms with Gasteiger partial charge in [0.1, 0.15) is 12.4 Å². The first-order valence-corrected chi connectivity index (χ1v) is 7.28. The number of aliphatic hydroxyl groups excluding tert-OH is 1. The summed E-state index contributed by atoms with van der Waals surface area (Å²) in [6, 6.07) is 13.6. The first-order chi connectivity index (χ1) is 9.72. The maximum absolute atomic E-state index is 10.0. The molecule has 0 heterocycles. The number of fused-ring (bicyclic) bond motifs is 1. The van der Waals surface area contributed by atoms with E-state index in [1.165, 1.54) is 5.56 Å². The van der Waals surface area contributed by atoms with E-state index in [1.807, 2.05) is 36.4 Å². The van der Waals surface area contributed by atoms with E-state index in [4.69, 9.17) is 16.3 Å². The van der Waals surface area contributed by atoms with E-state index in [0.29, 0.717) is 11.6 Å². The third-order valence-corrected chi connectivity index (χ3v) is 3.93. The lowest BCUT2D eigenvalue weighted by molar-refractivity contribution is 0.156. The highest BCUT2D eigenvalue weighted by Crippen LogP contribution is 2.32. The zero-order chi connectivity index (χ0) is 13.9. The summed E-state index contributed by atoms with van der Waals surface area (Å²) in [5.74, 6) is 0.796. The summed E-state index contributed by atoms with van der Waals surface area (Å²) in [5, 5.41) is 10.7. The number of ether oxygens (including phenoxy) is 1. The van der Waals surface area contributed by atoms with Crippen molar-refractivity contribution in [3.05, 3.63) is 64.2 Å². The second-order valence-electron chi connectivity index (χ2n) is 5.19. The predicted octanol–water partition coefficient (Wildman–Crippen LogP) is 4.29. The average molecular weight is 289 g/mol. The molecular weight excluding hydrogens is 272 g/mol. The molecule has 0 aliphatic heterocycles. The molecule has 3 rings (SSSR count). The minimum atomic E-state index is -0.353. The molecule has 3 heteroatoms. The number of hydrogen-bond donors (Lipinski definition) is 1. The molecule has 1 atom stereocenters. The van der Waals surface area contributed by atoms with Crippen molar-refractivity contribution in [1.82, 2.24) is 0 Å². The Kier molecular flexibility index (Phi) is 3.95. The molecular formula is C17H17ClO2. The highest BCUT2D eigenvalue weighted by molar-refractivity contribution is 6.30. The Bertz CT molecular complexity index is 610. The monoisotopic (exact) mass is 288 g/mol. The van der Waals surface area contributed by atoms with Gasteiger partial charge in [0.25, 0.3) is 0 Å². The molecule has 2 aromatic carbocycles. The minimum Gasteiger partial charge on any atom is -0.489 e. The maximum atomic E-state index is 10.0. The Hall–Kier alpha value is -1.51. The van der Waals surface area contributed by atoms with Gasteiger partial charge in [-0.2, -0.15) is 0 Å². The van der Waals surface area contributed by atoms with Gasteiger partial charge in [0.2, 0.25) is 0 Å². The molecule has 0 spiro atoms. The van der Waals surface area contributed by atoms with Crippen molar-refractivity contribution < 1.29 is 9.84 Å². The van der Waals surface area contributed by atoms with Crippen molar-refractivity contribution >= 4 is 11.6 Å². The van der Waals surface area contributed by atoms with Crippen molar-refractivity contribution in [1.29, 1.82) is 0 Å². The van der Waals surface area contributed by atoms with Crippen LogP contribution in [0.5, 0.6) is 5.75 Å². The topological polar surface area (TPSA) is 29.5 Å². The van der Waals surface area contributed by atoms with Crippen LogP contribution in [0.3, 0.4) is 0 Å². The fourth-order valence-electron chi connectivity index (χ4n) is 2.64. The molecule has 0 aromatic heterocycles. The van der Waals surface area contributed by atoms with Crippen molar-refractivity contribution in [2.24, 2.45) is 0 Å². The highest BCUT2D eigenvalue weighted by Gasteiger charge is 2.18. The van der Waals surface area contributed by atoms with Gasteiger partial charge in [-0.3, -0.25) is 0 Å². The van der Waals surface area contributed by atoms with Gasteiger partial charge in [-0.25, -0.2) is 0 Å². The third-order valence-electron chi connectivity index (χ3n) is 3.69. The first kappa shape index (κ1) is 13.5. The van der Waals surface area contributed by atoms with Crippen LogP contribution in [0, 0.1) is 0 Å². The summed E-state index contributed by atoms with van der Waals surface area (Å²) in [6.45, 7) is 0.482. The molecule has 1 N–H and O–H groups in total. The molecule has 104 valence electrons. The summed E-state index contributed by atoms with van der Waals surface area (Å²) in [7, 11) is 0. The zero-order valence-corrected chi connectivity index (χ0v) is 11.9. The summed E-state index contributed by atoms with van der Waals surface area (Å²) in [5.41, 5.74) is 3.29. The fourth-order valence-corrected chi connectivity index (χ4v) is 2.85. The van der Waals surface area contributed by atoms with E-state index in [-0.39, 0.29) is 6.10 Å². The average Bonchev–Trinajstić information content (AvgIpc) is 2.46. The van der Waals surface area contributed by atoms with E-state index < -0.39 is 0 Å². The SMILES string of the molecule is O[C@@H]1CCCc2ccc(OCc3cccc(Cl)c3)cc21. The first-order valence-electron chi connectivity index (χ1n) is 6.90. The molecule has 2 nitrogen and oxygen atoms in total. The van der Waals surface area contributed by atoms with Crippen molar-refractivity contribution in [3.63, 3.8) is 0 Å². The van der Waals surface area contributed by atoms with E-state index in [0.717, 1.165) is 36.1 Å². The lowest BCUT2D eigenvalue weighted by Gasteiger charge is -2.22. The number of aryl methyl sites for hydroxylation is 1. The van der Waals surface area contributed by atoms with Crippen LogP contribution < -0.4 is 4.74 Å². The lowest BCUT2D eigenvalue weighted by Crippen LogP contribution is -2.09. The minimum absolute atomic E-state index is 0.353. The Morgan fingerprint density at radius 3 is 2.95 bits per heavy atom. The van der Waals surface area contributed by atoms with Crippen LogP contribution in [0.15, 0.2) is 42.5 Å². The van der Waals surface area contributed by atoms with E-state index in [9.17, 15) is 5.11 Å². The van der Waals surface area contributed by atoms with E-state index in [1.54, 1.807) is 0 Å². The van der Waals surface area contributed by atoms with Gasteiger partial charge >= 0.3 is 0 Å².